The molecule has 8 heteroatoms. The summed E-state index contributed by atoms with van der Waals surface area (Å²) < 4.78 is 26.4. The molecular formula is C9H17N5O2S. The van der Waals surface area contributed by atoms with E-state index in [1.807, 2.05) is 19.0 Å². The van der Waals surface area contributed by atoms with Crippen LogP contribution in [0.15, 0.2) is 12.3 Å². The van der Waals surface area contributed by atoms with Gasteiger partial charge in [-0.1, -0.05) is 0 Å². The normalized spacial score (nSPS) is 11.8. The van der Waals surface area contributed by atoms with Gasteiger partial charge >= 0.3 is 0 Å². The summed E-state index contributed by atoms with van der Waals surface area (Å²) in [5.41, 5.74) is 0. The minimum atomic E-state index is -3.44. The molecule has 0 aromatic carbocycles. The second-order valence-corrected chi connectivity index (χ2v) is 5.80. The Hall–Kier alpha value is -1.25. The van der Waals surface area contributed by atoms with Gasteiger partial charge in [0.2, 0.25) is 0 Å². The molecule has 0 bridgehead atoms. The summed E-state index contributed by atoms with van der Waals surface area (Å²) in [7, 11) is 3.19. The second-order valence-electron chi connectivity index (χ2n) is 3.83. The molecule has 0 saturated carbocycles. The Morgan fingerprint density at radius 2 is 1.94 bits per heavy atom. The van der Waals surface area contributed by atoms with E-state index in [-0.39, 0.29) is 6.54 Å². The third-order valence-electron chi connectivity index (χ3n) is 2.04. The van der Waals surface area contributed by atoms with Crippen molar-refractivity contribution in [2.75, 3.05) is 33.1 Å². The first kappa shape index (κ1) is 13.8. The lowest BCUT2D eigenvalue weighted by molar-refractivity contribution is 0.504. The minimum absolute atomic E-state index is 0.0716. The van der Waals surface area contributed by atoms with Crippen LogP contribution < -0.4 is 9.62 Å². The summed E-state index contributed by atoms with van der Waals surface area (Å²) in [4.78, 5) is 10.0. The van der Waals surface area contributed by atoms with E-state index in [2.05, 4.69) is 14.7 Å². The maximum absolute atomic E-state index is 11.5. The van der Waals surface area contributed by atoms with Gasteiger partial charge in [-0.05, 0) is 6.07 Å². The van der Waals surface area contributed by atoms with Crippen LogP contribution in [0.1, 0.15) is 5.82 Å². The van der Waals surface area contributed by atoms with Gasteiger partial charge in [0.15, 0.2) is 0 Å². The lowest BCUT2D eigenvalue weighted by Gasteiger charge is -2.13. The Morgan fingerprint density at radius 1 is 1.29 bits per heavy atom. The van der Waals surface area contributed by atoms with Gasteiger partial charge in [0.05, 0.1) is 6.54 Å². The molecule has 1 heterocycles. The highest BCUT2D eigenvalue weighted by Gasteiger charge is 2.13. The summed E-state index contributed by atoms with van der Waals surface area (Å²) in [5.74, 6) is 1.17. The van der Waals surface area contributed by atoms with Crippen molar-refractivity contribution in [3.05, 3.63) is 18.1 Å². The van der Waals surface area contributed by atoms with E-state index in [1.165, 1.54) is 14.1 Å². The quantitative estimate of drug-likeness (QED) is 0.767. The van der Waals surface area contributed by atoms with Gasteiger partial charge in [0.1, 0.15) is 11.6 Å². The predicted octanol–water partition coefficient (Wildman–Crippen LogP) is -0.561. The Morgan fingerprint density at radius 3 is 2.47 bits per heavy atom. The highest BCUT2D eigenvalue weighted by molar-refractivity contribution is 7.87. The standard InChI is InChI=1S/C9H17N5O2S/c1-13(2)9-5-6-10-8(12-9)7-11-17(15,16)14(3)4/h5-6,11H,7H2,1-4H3. The average molecular weight is 259 g/mol. The number of rotatable bonds is 5. The van der Waals surface area contributed by atoms with Crippen LogP contribution in [0, 0.1) is 0 Å². The third-order valence-corrected chi connectivity index (χ3v) is 3.51. The zero-order valence-corrected chi connectivity index (χ0v) is 11.2. The SMILES string of the molecule is CN(C)c1ccnc(CNS(=O)(=O)N(C)C)n1. The molecule has 7 nitrogen and oxygen atoms in total. The molecule has 1 rings (SSSR count). The van der Waals surface area contributed by atoms with Gasteiger partial charge in [-0.15, -0.1) is 0 Å². The third kappa shape index (κ3) is 3.91. The summed E-state index contributed by atoms with van der Waals surface area (Å²) in [5, 5.41) is 0. The van der Waals surface area contributed by atoms with E-state index in [4.69, 9.17) is 0 Å². The van der Waals surface area contributed by atoms with Gasteiger partial charge in [0, 0.05) is 34.4 Å². The van der Waals surface area contributed by atoms with Crippen LogP contribution in [0.25, 0.3) is 0 Å². The van der Waals surface area contributed by atoms with E-state index < -0.39 is 10.2 Å². The van der Waals surface area contributed by atoms with Crippen molar-refractivity contribution >= 4 is 16.0 Å². The maximum atomic E-state index is 11.5. The Labute approximate surface area is 102 Å². The van der Waals surface area contributed by atoms with Crippen LogP contribution >= 0.6 is 0 Å². The molecule has 0 amide bonds. The van der Waals surface area contributed by atoms with Crippen LogP contribution in [-0.4, -0.2) is 50.9 Å². The number of nitrogens with one attached hydrogen (secondary N) is 1. The molecule has 0 aliphatic rings. The first-order valence-electron chi connectivity index (χ1n) is 4.99. The van der Waals surface area contributed by atoms with Crippen LogP contribution in [0.3, 0.4) is 0 Å². The number of hydrogen-bond donors (Lipinski definition) is 1. The molecule has 96 valence electrons. The minimum Gasteiger partial charge on any atom is -0.363 e. The zero-order valence-electron chi connectivity index (χ0n) is 10.4. The topological polar surface area (TPSA) is 78.4 Å². The molecule has 0 radical (unpaired) electrons. The molecule has 17 heavy (non-hydrogen) atoms. The fourth-order valence-electron chi connectivity index (χ4n) is 1.01. The summed E-state index contributed by atoms with van der Waals surface area (Å²) in [6.45, 7) is 0.0716. The Balaban J connectivity index is 2.74. The first-order valence-corrected chi connectivity index (χ1v) is 6.43. The zero-order chi connectivity index (χ0) is 13.1. The summed E-state index contributed by atoms with van der Waals surface area (Å²) >= 11 is 0. The first-order chi connectivity index (χ1) is 7.83. The second kappa shape index (κ2) is 5.39. The van der Waals surface area contributed by atoms with Crippen LogP contribution in [0.4, 0.5) is 5.82 Å². The van der Waals surface area contributed by atoms with Crippen LogP contribution in [-0.2, 0) is 16.8 Å². The Bertz CT molecular complexity index is 472. The van der Waals surface area contributed by atoms with Gasteiger partial charge in [0.25, 0.3) is 10.2 Å². The van der Waals surface area contributed by atoms with E-state index >= 15 is 0 Å². The number of hydrogen-bond acceptors (Lipinski definition) is 5. The van der Waals surface area contributed by atoms with Crippen LogP contribution in [0.5, 0.6) is 0 Å². The van der Waals surface area contributed by atoms with Gasteiger partial charge in [-0.2, -0.15) is 17.4 Å². The lowest BCUT2D eigenvalue weighted by atomic mass is 10.5. The highest BCUT2D eigenvalue weighted by Crippen LogP contribution is 2.05. The fourth-order valence-corrected chi connectivity index (χ4v) is 1.58. The summed E-state index contributed by atoms with van der Waals surface area (Å²) in [6.07, 6.45) is 1.60. The van der Waals surface area contributed by atoms with E-state index in [9.17, 15) is 8.42 Å². The van der Waals surface area contributed by atoms with Crippen molar-refractivity contribution in [2.24, 2.45) is 0 Å². The summed E-state index contributed by atoms with van der Waals surface area (Å²) in [6, 6.07) is 1.75. The monoisotopic (exact) mass is 259 g/mol. The molecule has 0 spiro atoms. The predicted molar refractivity (Wildman–Crippen MR) is 65.8 cm³/mol. The van der Waals surface area contributed by atoms with Crippen molar-refractivity contribution in [1.29, 1.82) is 0 Å². The highest BCUT2D eigenvalue weighted by atomic mass is 32.2. The molecule has 1 aromatic rings. The van der Waals surface area contributed by atoms with Crippen molar-refractivity contribution in [3.8, 4) is 0 Å². The van der Waals surface area contributed by atoms with E-state index in [0.717, 1.165) is 10.1 Å². The molecule has 1 N–H and O–H groups in total. The molecule has 1 aromatic heterocycles. The molecule has 0 atom stereocenters. The van der Waals surface area contributed by atoms with E-state index in [1.54, 1.807) is 12.3 Å². The van der Waals surface area contributed by atoms with Gasteiger partial charge < -0.3 is 4.90 Å². The molecule has 0 fully saturated rings. The Kier molecular flexibility index (Phi) is 4.38. The number of anilines is 1. The largest absolute Gasteiger partial charge is 0.363 e. The molecule has 0 aliphatic carbocycles. The number of nitrogens with zero attached hydrogens (tertiary/aromatic N) is 4. The van der Waals surface area contributed by atoms with Crippen molar-refractivity contribution in [3.63, 3.8) is 0 Å². The molecular weight excluding hydrogens is 242 g/mol. The van der Waals surface area contributed by atoms with Crippen LogP contribution in [0.2, 0.25) is 0 Å². The van der Waals surface area contributed by atoms with Gasteiger partial charge in [-0.3, -0.25) is 0 Å². The molecule has 0 saturated heterocycles. The van der Waals surface area contributed by atoms with Crippen molar-refractivity contribution in [1.82, 2.24) is 19.0 Å². The maximum Gasteiger partial charge on any atom is 0.279 e. The lowest BCUT2D eigenvalue weighted by Crippen LogP contribution is -2.35. The smallest absolute Gasteiger partial charge is 0.279 e. The van der Waals surface area contributed by atoms with Crippen molar-refractivity contribution in [2.45, 2.75) is 6.54 Å². The number of aromatic nitrogens is 2. The average Bonchev–Trinajstić information content (AvgIpc) is 2.26. The molecule has 0 aliphatic heterocycles. The van der Waals surface area contributed by atoms with Crippen molar-refractivity contribution < 1.29 is 8.42 Å². The fraction of sp³-hybridized carbons (Fsp3) is 0.556. The van der Waals surface area contributed by atoms with Gasteiger partial charge in [-0.25, -0.2) is 9.97 Å². The van der Waals surface area contributed by atoms with E-state index in [0.29, 0.717) is 5.82 Å². The molecule has 0 unspecified atom stereocenters.